The van der Waals surface area contributed by atoms with Crippen molar-refractivity contribution in [3.63, 3.8) is 0 Å². The van der Waals surface area contributed by atoms with Gasteiger partial charge in [0, 0.05) is 22.4 Å². The Labute approximate surface area is 199 Å². The first kappa shape index (κ1) is 21.5. The number of alkyl halides is 3. The third kappa shape index (κ3) is 3.39. The first-order valence-corrected chi connectivity index (χ1v) is 10.7. The van der Waals surface area contributed by atoms with Crippen molar-refractivity contribution in [1.29, 1.82) is 5.26 Å². The van der Waals surface area contributed by atoms with Gasteiger partial charge in [0.1, 0.15) is 11.3 Å². The Hall–Kier alpha value is -4.98. The summed E-state index contributed by atoms with van der Waals surface area (Å²) in [5.74, 6) is 0. The minimum absolute atomic E-state index is 0.0956. The summed E-state index contributed by atoms with van der Waals surface area (Å²) < 4.78 is 43.4. The number of rotatable bonds is 3. The lowest BCUT2D eigenvalue weighted by Gasteiger charge is -2.13. The third-order valence-corrected chi connectivity index (χ3v) is 5.97. The highest BCUT2D eigenvalue weighted by atomic mass is 19.4. The number of halogens is 3. The van der Waals surface area contributed by atoms with Crippen molar-refractivity contribution < 1.29 is 13.2 Å². The standard InChI is InChI=1S/C25H14F3N7O/c26-25(27,28)21-9-8-16-18-13-34(12-15-6-4-14(10-29)5-7-15)33-22(18)24(36)35(23(16)31-21)20-3-1-2-19-17(20)11-30-32-19/h1-9,11,13H,12H2,(H,30,32). The summed E-state index contributed by atoms with van der Waals surface area (Å²) in [7, 11) is 0. The lowest BCUT2D eigenvalue weighted by atomic mass is 10.1. The highest BCUT2D eigenvalue weighted by Crippen LogP contribution is 2.32. The average molecular weight is 485 g/mol. The molecular formula is C25H14F3N7O. The first-order chi connectivity index (χ1) is 17.3. The van der Waals surface area contributed by atoms with Crippen molar-refractivity contribution in [2.45, 2.75) is 12.7 Å². The number of aromatic amines is 1. The van der Waals surface area contributed by atoms with E-state index >= 15 is 0 Å². The largest absolute Gasteiger partial charge is 0.433 e. The predicted molar refractivity (Wildman–Crippen MR) is 126 cm³/mol. The Bertz CT molecular complexity index is 1890. The number of fused-ring (bicyclic) bond motifs is 4. The van der Waals surface area contributed by atoms with Crippen LogP contribution in [0.25, 0.3) is 38.5 Å². The van der Waals surface area contributed by atoms with E-state index in [1.807, 2.05) is 0 Å². The van der Waals surface area contributed by atoms with E-state index in [-0.39, 0.29) is 11.2 Å². The van der Waals surface area contributed by atoms with Gasteiger partial charge in [0.2, 0.25) is 0 Å². The maximum atomic E-state index is 13.7. The molecule has 0 spiro atoms. The van der Waals surface area contributed by atoms with Crippen LogP contribution in [0.1, 0.15) is 16.8 Å². The molecule has 6 aromatic rings. The van der Waals surface area contributed by atoms with Gasteiger partial charge in [-0.15, -0.1) is 0 Å². The van der Waals surface area contributed by atoms with Crippen LogP contribution in [0.15, 0.2) is 71.8 Å². The fraction of sp³-hybridized carbons (Fsp3) is 0.0800. The molecule has 1 N–H and O–H groups in total. The van der Waals surface area contributed by atoms with Gasteiger partial charge in [-0.05, 0) is 42.0 Å². The van der Waals surface area contributed by atoms with Crippen molar-refractivity contribution >= 4 is 32.8 Å². The summed E-state index contributed by atoms with van der Waals surface area (Å²) in [5.41, 5.74) is 0.568. The monoisotopic (exact) mass is 485 g/mol. The second-order valence-corrected chi connectivity index (χ2v) is 8.21. The SMILES string of the molecule is N#Cc1ccc(Cn2cc3c(n2)c(=O)n(-c2cccc4[nH]ncc24)c2nc(C(F)(F)F)ccc32)cc1. The highest BCUT2D eigenvalue weighted by Gasteiger charge is 2.33. The van der Waals surface area contributed by atoms with Gasteiger partial charge in [0.25, 0.3) is 5.56 Å². The molecule has 4 aromatic heterocycles. The molecular weight excluding hydrogens is 471 g/mol. The number of hydrogen-bond donors (Lipinski definition) is 1. The molecule has 0 fully saturated rings. The molecule has 11 heteroatoms. The molecule has 0 amide bonds. The van der Waals surface area contributed by atoms with Crippen LogP contribution in [-0.2, 0) is 12.7 Å². The number of pyridine rings is 2. The second-order valence-electron chi connectivity index (χ2n) is 8.21. The Morgan fingerprint density at radius 1 is 1.00 bits per heavy atom. The molecule has 0 aliphatic heterocycles. The fourth-order valence-corrected chi connectivity index (χ4v) is 4.29. The number of nitriles is 1. The molecule has 176 valence electrons. The molecule has 6 rings (SSSR count). The van der Waals surface area contributed by atoms with Gasteiger partial charge in [-0.3, -0.25) is 19.1 Å². The summed E-state index contributed by atoms with van der Waals surface area (Å²) in [6.45, 7) is 0.298. The van der Waals surface area contributed by atoms with E-state index in [1.54, 1.807) is 53.3 Å². The molecule has 0 saturated heterocycles. The van der Waals surface area contributed by atoms with Gasteiger partial charge in [-0.25, -0.2) is 4.98 Å². The maximum Gasteiger partial charge on any atom is 0.433 e. The second kappa shape index (κ2) is 7.78. The Morgan fingerprint density at radius 2 is 1.81 bits per heavy atom. The Morgan fingerprint density at radius 3 is 2.56 bits per heavy atom. The zero-order valence-electron chi connectivity index (χ0n) is 18.3. The molecule has 8 nitrogen and oxygen atoms in total. The lowest BCUT2D eigenvalue weighted by Crippen LogP contribution is -2.21. The van der Waals surface area contributed by atoms with E-state index in [2.05, 4.69) is 26.3 Å². The van der Waals surface area contributed by atoms with Crippen LogP contribution in [0.2, 0.25) is 0 Å². The number of H-pyrrole nitrogens is 1. The summed E-state index contributed by atoms with van der Waals surface area (Å²) in [4.78, 5) is 17.6. The number of benzene rings is 2. The summed E-state index contributed by atoms with van der Waals surface area (Å²) in [6.07, 6.45) is -1.56. The van der Waals surface area contributed by atoms with Crippen molar-refractivity contribution in [3.8, 4) is 11.8 Å². The molecule has 36 heavy (non-hydrogen) atoms. The molecule has 0 unspecified atom stereocenters. The quantitative estimate of drug-likeness (QED) is 0.396. The number of nitrogens with zero attached hydrogens (tertiary/aromatic N) is 6. The summed E-state index contributed by atoms with van der Waals surface area (Å²) in [6, 6.07) is 16.2. The highest BCUT2D eigenvalue weighted by molar-refractivity contribution is 6.04. The predicted octanol–water partition coefficient (Wildman–Crippen LogP) is 4.55. The number of aromatic nitrogens is 6. The van der Waals surface area contributed by atoms with E-state index in [0.29, 0.717) is 39.5 Å². The molecule has 0 aliphatic carbocycles. The molecule has 0 aliphatic rings. The minimum Gasteiger partial charge on any atom is -0.278 e. The summed E-state index contributed by atoms with van der Waals surface area (Å²) >= 11 is 0. The van der Waals surface area contributed by atoms with Crippen LogP contribution in [0.5, 0.6) is 0 Å². The van der Waals surface area contributed by atoms with Gasteiger partial charge < -0.3 is 0 Å². The van der Waals surface area contributed by atoms with Gasteiger partial charge >= 0.3 is 6.18 Å². The maximum absolute atomic E-state index is 13.7. The van der Waals surface area contributed by atoms with Crippen molar-refractivity contribution in [1.82, 2.24) is 29.5 Å². The first-order valence-electron chi connectivity index (χ1n) is 10.7. The molecule has 0 bridgehead atoms. The van der Waals surface area contributed by atoms with Crippen LogP contribution in [0, 0.1) is 11.3 Å². The smallest absolute Gasteiger partial charge is 0.278 e. The number of nitrogens with one attached hydrogen (secondary N) is 1. The van der Waals surface area contributed by atoms with Crippen LogP contribution >= 0.6 is 0 Å². The Balaban J connectivity index is 1.63. The van der Waals surface area contributed by atoms with Gasteiger partial charge in [-0.2, -0.15) is 28.6 Å². The van der Waals surface area contributed by atoms with Crippen LogP contribution < -0.4 is 5.56 Å². The molecule has 2 aromatic carbocycles. The van der Waals surface area contributed by atoms with E-state index in [9.17, 15) is 18.0 Å². The van der Waals surface area contributed by atoms with Crippen molar-refractivity contribution in [3.05, 3.63) is 94.2 Å². The topological polar surface area (TPSA) is 105 Å². The van der Waals surface area contributed by atoms with E-state index in [4.69, 9.17) is 5.26 Å². The Kier molecular flexibility index (Phi) is 4.65. The van der Waals surface area contributed by atoms with Gasteiger partial charge in [-0.1, -0.05) is 18.2 Å². The van der Waals surface area contributed by atoms with E-state index in [0.717, 1.165) is 16.2 Å². The van der Waals surface area contributed by atoms with Gasteiger partial charge in [0.15, 0.2) is 5.52 Å². The van der Waals surface area contributed by atoms with E-state index in [1.165, 1.54) is 12.3 Å². The average Bonchev–Trinajstić information content (AvgIpc) is 3.52. The van der Waals surface area contributed by atoms with Crippen LogP contribution in [-0.4, -0.2) is 29.5 Å². The number of hydrogen-bond acceptors (Lipinski definition) is 5. The van der Waals surface area contributed by atoms with Gasteiger partial charge in [0.05, 0.1) is 35.6 Å². The minimum atomic E-state index is -4.69. The molecule has 0 atom stereocenters. The molecule has 0 saturated carbocycles. The lowest BCUT2D eigenvalue weighted by molar-refractivity contribution is -0.141. The normalized spacial score (nSPS) is 11.9. The van der Waals surface area contributed by atoms with Crippen molar-refractivity contribution in [2.24, 2.45) is 0 Å². The van der Waals surface area contributed by atoms with Crippen LogP contribution in [0.4, 0.5) is 13.2 Å². The summed E-state index contributed by atoms with van der Waals surface area (Å²) in [5, 5.41) is 21.6. The molecule has 0 radical (unpaired) electrons. The van der Waals surface area contributed by atoms with Crippen LogP contribution in [0.3, 0.4) is 0 Å². The third-order valence-electron chi connectivity index (χ3n) is 5.97. The fourth-order valence-electron chi connectivity index (χ4n) is 4.29. The molecule has 4 heterocycles. The van der Waals surface area contributed by atoms with Crippen molar-refractivity contribution in [2.75, 3.05) is 0 Å². The zero-order valence-corrected chi connectivity index (χ0v) is 18.3. The zero-order chi connectivity index (χ0) is 25.0. The van der Waals surface area contributed by atoms with E-state index < -0.39 is 17.4 Å².